The van der Waals surface area contributed by atoms with E-state index in [4.69, 9.17) is 0 Å². The molecule has 4 rings (SSSR count). The maximum absolute atomic E-state index is 15.0. The van der Waals surface area contributed by atoms with E-state index in [1.165, 1.54) is 30.4 Å². The van der Waals surface area contributed by atoms with Crippen molar-refractivity contribution < 1.29 is 18.0 Å². The van der Waals surface area contributed by atoms with E-state index in [9.17, 15) is 18.0 Å². The predicted molar refractivity (Wildman–Crippen MR) is 117 cm³/mol. The lowest BCUT2D eigenvalue weighted by Crippen LogP contribution is -2.14. The second-order valence-corrected chi connectivity index (χ2v) is 7.80. The van der Waals surface area contributed by atoms with Gasteiger partial charge in [0.05, 0.1) is 11.3 Å². The van der Waals surface area contributed by atoms with Gasteiger partial charge in [-0.1, -0.05) is 31.0 Å². The minimum atomic E-state index is -0.958. The van der Waals surface area contributed by atoms with Crippen LogP contribution in [-0.4, -0.2) is 28.0 Å². The first-order valence-corrected chi connectivity index (χ1v) is 10.7. The minimum Gasteiger partial charge on any atom is -0.358 e. The predicted octanol–water partition coefficient (Wildman–Crippen LogP) is 5.34. The highest BCUT2D eigenvalue weighted by Gasteiger charge is 2.25. The maximum Gasteiger partial charge on any atom is 0.201 e. The number of benzene rings is 1. The van der Waals surface area contributed by atoms with Gasteiger partial charge in [-0.15, -0.1) is 0 Å². The van der Waals surface area contributed by atoms with Crippen molar-refractivity contribution in [3.8, 4) is 0 Å². The van der Waals surface area contributed by atoms with Crippen LogP contribution in [0.2, 0.25) is 0 Å². The number of pyridine rings is 1. The van der Waals surface area contributed by atoms with Crippen LogP contribution < -0.4 is 10.0 Å². The molecule has 3 heterocycles. The molecule has 5 nitrogen and oxygen atoms in total. The first-order valence-electron chi connectivity index (χ1n) is 9.69. The van der Waals surface area contributed by atoms with Gasteiger partial charge in [-0.3, -0.25) is 4.79 Å². The Morgan fingerprint density at radius 2 is 2.13 bits per heavy atom. The van der Waals surface area contributed by atoms with E-state index in [1.807, 2.05) is 6.92 Å². The fourth-order valence-corrected chi connectivity index (χ4v) is 3.88. The number of fused-ring (bicyclic) bond motifs is 1. The van der Waals surface area contributed by atoms with E-state index in [1.54, 1.807) is 18.2 Å². The number of rotatable bonds is 7. The Balaban J connectivity index is 1.76. The number of hydrogen-bond donors (Lipinski definition) is 3. The van der Waals surface area contributed by atoms with E-state index < -0.39 is 28.9 Å². The van der Waals surface area contributed by atoms with Crippen molar-refractivity contribution in [1.82, 2.24) is 15.3 Å². The zero-order chi connectivity index (χ0) is 22.0. The number of anilines is 1. The Morgan fingerprint density at radius 3 is 2.90 bits per heavy atom. The molecule has 2 aromatic heterocycles. The van der Waals surface area contributed by atoms with Crippen LogP contribution in [0.5, 0.6) is 0 Å². The molecule has 0 spiro atoms. The summed E-state index contributed by atoms with van der Waals surface area (Å²) in [4.78, 5) is 20.2. The lowest BCUT2D eigenvalue weighted by atomic mass is 9.99. The summed E-state index contributed by atoms with van der Waals surface area (Å²) in [5.74, 6) is -2.52. The van der Waals surface area contributed by atoms with E-state index in [0.29, 0.717) is 23.1 Å². The lowest BCUT2D eigenvalue weighted by molar-refractivity contribution is 0.103. The Hall–Kier alpha value is -3.20. The molecular weight excluding hydrogens is 425 g/mol. The third kappa shape index (κ3) is 4.05. The number of nitrogens with one attached hydrogen (secondary N) is 3. The smallest absolute Gasteiger partial charge is 0.201 e. The minimum absolute atomic E-state index is 0.0347. The van der Waals surface area contributed by atoms with Crippen molar-refractivity contribution in [2.75, 3.05) is 17.0 Å². The SMILES string of the molecule is CCCSNc1ccc(F)c(C(=O)c2c[nH]c3ncc(C4=C(F)NCC=C4)cc23)c1F. The summed E-state index contributed by atoms with van der Waals surface area (Å²) in [6, 6.07) is 3.90. The van der Waals surface area contributed by atoms with Crippen molar-refractivity contribution in [3.63, 3.8) is 0 Å². The summed E-state index contributed by atoms with van der Waals surface area (Å²) in [6.45, 7) is 2.35. The normalized spacial score (nSPS) is 13.5. The van der Waals surface area contributed by atoms with Crippen LogP contribution in [0.25, 0.3) is 16.6 Å². The number of H-pyrrole nitrogens is 1. The van der Waals surface area contributed by atoms with Gasteiger partial charge in [0.25, 0.3) is 0 Å². The van der Waals surface area contributed by atoms with E-state index >= 15 is 0 Å². The molecule has 3 N–H and O–H groups in total. The number of ketones is 1. The average Bonchev–Trinajstić information content (AvgIpc) is 3.19. The first kappa shape index (κ1) is 21.0. The van der Waals surface area contributed by atoms with E-state index in [-0.39, 0.29) is 16.8 Å². The van der Waals surface area contributed by atoms with Crippen LogP contribution in [-0.2, 0) is 0 Å². The molecule has 1 aromatic carbocycles. The van der Waals surface area contributed by atoms with Gasteiger partial charge in [-0.2, -0.15) is 4.39 Å². The number of allylic oxidation sites excluding steroid dienone is 2. The summed E-state index contributed by atoms with van der Waals surface area (Å²) in [6.07, 6.45) is 7.07. The van der Waals surface area contributed by atoms with Crippen molar-refractivity contribution >= 4 is 40.0 Å². The maximum atomic E-state index is 15.0. The highest BCUT2D eigenvalue weighted by atomic mass is 32.2. The molecule has 1 aliphatic rings. The summed E-state index contributed by atoms with van der Waals surface area (Å²) >= 11 is 1.27. The zero-order valence-electron chi connectivity index (χ0n) is 16.6. The molecular formula is C22H19F3N4OS. The van der Waals surface area contributed by atoms with E-state index in [0.717, 1.165) is 18.2 Å². The number of dihydropyridines is 1. The zero-order valence-corrected chi connectivity index (χ0v) is 17.4. The van der Waals surface area contributed by atoms with Crippen molar-refractivity contribution in [3.05, 3.63) is 77.0 Å². The molecule has 0 bridgehead atoms. The molecule has 0 amide bonds. The monoisotopic (exact) mass is 444 g/mol. The summed E-state index contributed by atoms with van der Waals surface area (Å²) in [5.41, 5.74) is 0.514. The second kappa shape index (κ2) is 8.89. The second-order valence-electron chi connectivity index (χ2n) is 6.90. The molecule has 0 saturated heterocycles. The number of nitrogens with zero attached hydrogens (tertiary/aromatic N) is 1. The van der Waals surface area contributed by atoms with Gasteiger partial charge in [-0.05, 0) is 24.6 Å². The Morgan fingerprint density at radius 1 is 1.29 bits per heavy atom. The Kier molecular flexibility index (Phi) is 6.03. The molecule has 0 atom stereocenters. The van der Waals surface area contributed by atoms with Gasteiger partial charge in [0, 0.05) is 46.8 Å². The van der Waals surface area contributed by atoms with Crippen molar-refractivity contribution in [1.29, 1.82) is 0 Å². The summed E-state index contributed by atoms with van der Waals surface area (Å²) in [7, 11) is 0. The summed E-state index contributed by atoms with van der Waals surface area (Å²) in [5, 5.41) is 2.94. The number of halogens is 3. The molecule has 160 valence electrons. The Bertz CT molecular complexity index is 1220. The largest absolute Gasteiger partial charge is 0.358 e. The lowest BCUT2D eigenvalue weighted by Gasteiger charge is -2.12. The highest BCUT2D eigenvalue weighted by molar-refractivity contribution is 8.00. The number of hydrogen-bond acceptors (Lipinski definition) is 5. The quantitative estimate of drug-likeness (QED) is 0.199. The van der Waals surface area contributed by atoms with Gasteiger partial charge in [0.2, 0.25) is 5.78 Å². The topological polar surface area (TPSA) is 69.8 Å². The number of carbonyl (C=O) groups is 1. The van der Waals surface area contributed by atoms with Crippen LogP contribution in [0, 0.1) is 11.6 Å². The first-order chi connectivity index (χ1) is 15.0. The highest BCUT2D eigenvalue weighted by Crippen LogP contribution is 2.30. The molecule has 0 saturated carbocycles. The molecule has 0 radical (unpaired) electrons. The van der Waals surface area contributed by atoms with Crippen molar-refractivity contribution in [2.24, 2.45) is 0 Å². The fourth-order valence-electron chi connectivity index (χ4n) is 3.26. The number of carbonyl (C=O) groups excluding carboxylic acids is 1. The molecule has 3 aromatic rings. The molecule has 1 aliphatic heterocycles. The van der Waals surface area contributed by atoms with Gasteiger partial charge in [0.1, 0.15) is 11.5 Å². The fraction of sp³-hybridized carbons (Fsp3) is 0.182. The van der Waals surface area contributed by atoms with Crippen LogP contribution in [0.1, 0.15) is 34.8 Å². The third-order valence-electron chi connectivity index (χ3n) is 4.79. The molecule has 0 aliphatic carbocycles. The number of aromatic amines is 1. The number of aromatic nitrogens is 2. The standard InChI is InChI=1S/C22H19F3N4OS/c1-2-8-31-29-17-6-5-16(23)18(19(17)24)20(30)15-11-28-22-14(15)9-12(10-27-22)13-4-3-7-26-21(13)25/h3-6,9-11,26,29H,2,7-8H2,1H3,(H,27,28). The summed E-state index contributed by atoms with van der Waals surface area (Å²) < 4.78 is 46.5. The van der Waals surface area contributed by atoms with Crippen molar-refractivity contribution in [2.45, 2.75) is 13.3 Å². The molecule has 0 unspecified atom stereocenters. The van der Waals surface area contributed by atoms with Gasteiger partial charge < -0.3 is 15.0 Å². The van der Waals surface area contributed by atoms with Crippen LogP contribution in [0.4, 0.5) is 18.9 Å². The van der Waals surface area contributed by atoms with Gasteiger partial charge in [0.15, 0.2) is 11.8 Å². The van der Waals surface area contributed by atoms with Crippen LogP contribution >= 0.6 is 11.9 Å². The average molecular weight is 444 g/mol. The van der Waals surface area contributed by atoms with Gasteiger partial charge in [-0.25, -0.2) is 13.8 Å². The molecule has 0 fully saturated rings. The third-order valence-corrected chi connectivity index (χ3v) is 5.77. The van der Waals surface area contributed by atoms with Crippen LogP contribution in [0.3, 0.4) is 0 Å². The Labute approximate surface area is 181 Å². The molecule has 31 heavy (non-hydrogen) atoms. The van der Waals surface area contributed by atoms with E-state index in [2.05, 4.69) is 20.0 Å². The van der Waals surface area contributed by atoms with Crippen LogP contribution in [0.15, 0.2) is 48.7 Å². The molecule has 9 heteroatoms. The van der Waals surface area contributed by atoms with Gasteiger partial charge >= 0.3 is 0 Å².